The minimum atomic E-state index is -0.595. The number of nitrogens with zero attached hydrogens (tertiary/aromatic N) is 1. The number of ether oxygens (including phenoxy) is 1. The molecule has 1 rings (SSSR count). The summed E-state index contributed by atoms with van der Waals surface area (Å²) in [5.41, 5.74) is 6.10. The zero-order chi connectivity index (χ0) is 10.6. The molecule has 0 spiro atoms. The molecule has 0 saturated carbocycles. The van der Waals surface area contributed by atoms with E-state index in [9.17, 15) is 4.39 Å². The van der Waals surface area contributed by atoms with Crippen LogP contribution in [0.2, 0.25) is 0 Å². The molecule has 0 saturated heterocycles. The first-order chi connectivity index (χ1) is 6.67. The van der Waals surface area contributed by atoms with Crippen LogP contribution in [0.5, 0.6) is 5.75 Å². The van der Waals surface area contributed by atoms with E-state index in [2.05, 4.69) is 0 Å². The minimum absolute atomic E-state index is 0.194. The van der Waals surface area contributed by atoms with Crippen LogP contribution >= 0.6 is 0 Å². The van der Waals surface area contributed by atoms with Gasteiger partial charge in [-0.3, -0.25) is 0 Å². The van der Waals surface area contributed by atoms with Crippen molar-refractivity contribution in [2.45, 2.75) is 12.5 Å². The van der Waals surface area contributed by atoms with Gasteiger partial charge in [0.25, 0.3) is 0 Å². The Kier molecular flexibility index (Phi) is 3.43. The zero-order valence-electron chi connectivity index (χ0n) is 7.83. The van der Waals surface area contributed by atoms with Gasteiger partial charge >= 0.3 is 0 Å². The third-order valence-electron chi connectivity index (χ3n) is 1.84. The second kappa shape index (κ2) is 4.58. The van der Waals surface area contributed by atoms with Gasteiger partial charge in [0.1, 0.15) is 0 Å². The Morgan fingerprint density at radius 3 is 2.86 bits per heavy atom. The Morgan fingerprint density at radius 2 is 2.36 bits per heavy atom. The van der Waals surface area contributed by atoms with E-state index >= 15 is 0 Å². The fraction of sp³-hybridized carbons (Fsp3) is 0.300. The molecule has 0 aliphatic heterocycles. The minimum Gasteiger partial charge on any atom is -0.494 e. The average Bonchev–Trinajstić information content (AvgIpc) is 2.18. The van der Waals surface area contributed by atoms with Gasteiger partial charge in [-0.15, -0.1) is 0 Å². The van der Waals surface area contributed by atoms with Crippen LogP contribution in [-0.4, -0.2) is 13.2 Å². The topological polar surface area (TPSA) is 59.0 Å². The van der Waals surface area contributed by atoms with Crippen molar-refractivity contribution in [2.24, 2.45) is 5.73 Å². The van der Waals surface area contributed by atoms with Crippen molar-refractivity contribution >= 4 is 0 Å². The Bertz CT molecular complexity index is 360. The molecular formula is C10H11FN2O. The molecule has 0 fully saturated rings. The molecule has 1 atom stereocenters. The third kappa shape index (κ3) is 2.44. The van der Waals surface area contributed by atoms with E-state index < -0.39 is 11.9 Å². The summed E-state index contributed by atoms with van der Waals surface area (Å²) in [4.78, 5) is 0. The van der Waals surface area contributed by atoms with Crippen LogP contribution in [0.25, 0.3) is 0 Å². The van der Waals surface area contributed by atoms with Gasteiger partial charge < -0.3 is 10.5 Å². The van der Waals surface area contributed by atoms with Crippen molar-refractivity contribution in [1.29, 1.82) is 5.26 Å². The van der Waals surface area contributed by atoms with Gasteiger partial charge in [0.2, 0.25) is 0 Å². The number of methoxy groups -OCH3 is 1. The molecule has 4 heteroatoms. The Hall–Kier alpha value is -1.60. The summed E-state index contributed by atoms with van der Waals surface area (Å²) in [7, 11) is 1.40. The van der Waals surface area contributed by atoms with E-state index in [4.69, 9.17) is 15.7 Å². The largest absolute Gasteiger partial charge is 0.494 e. The molecule has 14 heavy (non-hydrogen) atoms. The van der Waals surface area contributed by atoms with Gasteiger partial charge in [0.05, 0.1) is 19.2 Å². The number of benzene rings is 1. The van der Waals surface area contributed by atoms with Crippen LogP contribution in [0.15, 0.2) is 18.2 Å². The Morgan fingerprint density at radius 1 is 1.64 bits per heavy atom. The second-order valence-electron chi connectivity index (χ2n) is 2.91. The van der Waals surface area contributed by atoms with Gasteiger partial charge in [-0.25, -0.2) is 4.39 Å². The smallest absolute Gasteiger partial charge is 0.165 e. The molecule has 0 amide bonds. The molecule has 3 nitrogen and oxygen atoms in total. The number of rotatable bonds is 3. The molecule has 1 aromatic rings. The lowest BCUT2D eigenvalue weighted by atomic mass is 10.1. The predicted molar refractivity (Wildman–Crippen MR) is 50.2 cm³/mol. The first-order valence-corrected chi connectivity index (χ1v) is 4.15. The molecule has 1 unspecified atom stereocenters. The zero-order valence-corrected chi connectivity index (χ0v) is 7.83. The standard InChI is InChI=1S/C10H11FN2O/c1-14-10-3-2-7(5-9(10)11)4-8(13)6-12/h2-3,5,8H,4,13H2,1H3. The van der Waals surface area contributed by atoms with Crippen LogP contribution in [-0.2, 0) is 6.42 Å². The summed E-state index contributed by atoms with van der Waals surface area (Å²) in [6.45, 7) is 0. The maximum atomic E-state index is 13.2. The lowest BCUT2D eigenvalue weighted by Crippen LogP contribution is -2.20. The summed E-state index contributed by atoms with van der Waals surface area (Å²) >= 11 is 0. The van der Waals surface area contributed by atoms with E-state index in [-0.39, 0.29) is 5.75 Å². The molecule has 0 radical (unpaired) electrons. The molecule has 0 aromatic heterocycles. The van der Waals surface area contributed by atoms with Gasteiger partial charge in [-0.05, 0) is 17.7 Å². The molecule has 2 N–H and O–H groups in total. The van der Waals surface area contributed by atoms with Crippen molar-refractivity contribution in [3.63, 3.8) is 0 Å². The number of nitriles is 1. The summed E-state index contributed by atoms with van der Waals surface area (Å²) in [6, 6.07) is 5.84. The van der Waals surface area contributed by atoms with E-state index in [1.54, 1.807) is 6.07 Å². The normalized spacial score (nSPS) is 11.9. The van der Waals surface area contributed by atoms with Gasteiger partial charge in [0.15, 0.2) is 11.6 Å². The van der Waals surface area contributed by atoms with Crippen molar-refractivity contribution in [2.75, 3.05) is 7.11 Å². The Labute approximate surface area is 81.9 Å². The van der Waals surface area contributed by atoms with E-state index in [0.717, 1.165) is 0 Å². The monoisotopic (exact) mass is 194 g/mol. The fourth-order valence-corrected chi connectivity index (χ4v) is 1.14. The van der Waals surface area contributed by atoms with Crippen molar-refractivity contribution in [3.05, 3.63) is 29.6 Å². The van der Waals surface area contributed by atoms with Gasteiger partial charge in [-0.2, -0.15) is 5.26 Å². The maximum absolute atomic E-state index is 13.2. The molecule has 74 valence electrons. The predicted octanol–water partition coefficient (Wildman–Crippen LogP) is 1.23. The molecular weight excluding hydrogens is 183 g/mol. The highest BCUT2D eigenvalue weighted by Gasteiger charge is 2.06. The first kappa shape index (κ1) is 10.5. The maximum Gasteiger partial charge on any atom is 0.165 e. The molecule has 0 bridgehead atoms. The van der Waals surface area contributed by atoms with Crippen LogP contribution < -0.4 is 10.5 Å². The SMILES string of the molecule is COc1ccc(CC(N)C#N)cc1F. The highest BCUT2D eigenvalue weighted by atomic mass is 19.1. The number of nitrogens with two attached hydrogens (primary N) is 1. The number of hydrogen-bond donors (Lipinski definition) is 1. The highest BCUT2D eigenvalue weighted by Crippen LogP contribution is 2.18. The summed E-state index contributed by atoms with van der Waals surface area (Å²) in [6.07, 6.45) is 0.345. The van der Waals surface area contributed by atoms with Crippen molar-refractivity contribution < 1.29 is 9.13 Å². The molecule has 0 aliphatic carbocycles. The van der Waals surface area contributed by atoms with Gasteiger partial charge in [-0.1, -0.05) is 6.07 Å². The average molecular weight is 194 g/mol. The van der Waals surface area contributed by atoms with Crippen LogP contribution in [0.1, 0.15) is 5.56 Å². The first-order valence-electron chi connectivity index (χ1n) is 4.15. The third-order valence-corrected chi connectivity index (χ3v) is 1.84. The van der Waals surface area contributed by atoms with Crippen LogP contribution in [0.4, 0.5) is 4.39 Å². The molecule has 0 heterocycles. The van der Waals surface area contributed by atoms with E-state index in [0.29, 0.717) is 12.0 Å². The quantitative estimate of drug-likeness (QED) is 0.787. The number of halogens is 1. The lowest BCUT2D eigenvalue weighted by molar-refractivity contribution is 0.386. The van der Waals surface area contributed by atoms with Crippen molar-refractivity contribution in [1.82, 2.24) is 0 Å². The van der Waals surface area contributed by atoms with Gasteiger partial charge in [0, 0.05) is 6.42 Å². The summed E-state index contributed by atoms with van der Waals surface area (Å²) in [5, 5.41) is 8.47. The summed E-state index contributed by atoms with van der Waals surface area (Å²) < 4.78 is 17.9. The van der Waals surface area contributed by atoms with E-state index in [1.165, 1.54) is 19.2 Å². The molecule has 0 aliphatic rings. The fourth-order valence-electron chi connectivity index (χ4n) is 1.14. The van der Waals surface area contributed by atoms with E-state index in [1.807, 2.05) is 6.07 Å². The molecule has 1 aromatic carbocycles. The highest BCUT2D eigenvalue weighted by molar-refractivity contribution is 5.30. The summed E-state index contributed by atoms with van der Waals surface area (Å²) in [5.74, 6) is -0.241. The van der Waals surface area contributed by atoms with Crippen LogP contribution in [0, 0.1) is 17.1 Å². The lowest BCUT2D eigenvalue weighted by Gasteiger charge is -2.05. The Balaban J connectivity index is 2.82. The van der Waals surface area contributed by atoms with Crippen molar-refractivity contribution in [3.8, 4) is 11.8 Å². The number of hydrogen-bond acceptors (Lipinski definition) is 3. The second-order valence-corrected chi connectivity index (χ2v) is 2.91. The van der Waals surface area contributed by atoms with Crippen LogP contribution in [0.3, 0.4) is 0 Å².